The molecule has 80 valence electrons. The van der Waals surface area contributed by atoms with Crippen LogP contribution in [-0.4, -0.2) is 29.3 Å². The van der Waals surface area contributed by atoms with E-state index < -0.39 is 0 Å². The highest BCUT2D eigenvalue weighted by Crippen LogP contribution is 2.19. The maximum Gasteiger partial charge on any atom is 0.147 e. The van der Waals surface area contributed by atoms with Crippen molar-refractivity contribution in [2.75, 3.05) is 18.0 Å². The van der Waals surface area contributed by atoms with E-state index in [2.05, 4.69) is 14.9 Å². The Morgan fingerprint density at radius 3 is 3.13 bits per heavy atom. The van der Waals surface area contributed by atoms with Gasteiger partial charge in [0.25, 0.3) is 0 Å². The van der Waals surface area contributed by atoms with Crippen molar-refractivity contribution in [3.05, 3.63) is 18.1 Å². The van der Waals surface area contributed by atoms with E-state index in [0.717, 1.165) is 43.7 Å². The summed E-state index contributed by atoms with van der Waals surface area (Å²) in [6.07, 6.45) is 6.61. The van der Waals surface area contributed by atoms with E-state index in [4.69, 9.17) is 0 Å². The van der Waals surface area contributed by atoms with Crippen molar-refractivity contribution in [1.82, 2.24) is 9.97 Å². The first-order valence-corrected chi connectivity index (χ1v) is 5.28. The zero-order valence-corrected chi connectivity index (χ0v) is 8.89. The average Bonchev–Trinajstić information content (AvgIpc) is 2.29. The van der Waals surface area contributed by atoms with Gasteiger partial charge in [-0.25, -0.2) is 4.98 Å². The van der Waals surface area contributed by atoms with Crippen molar-refractivity contribution in [2.45, 2.75) is 19.8 Å². The summed E-state index contributed by atoms with van der Waals surface area (Å²) in [4.78, 5) is 21.4. The first kappa shape index (κ1) is 10.1. The Labute approximate surface area is 89.3 Å². The SMILES string of the molecule is Cc1cncc(N2CCC[C@@H](C=O)C2)n1. The lowest BCUT2D eigenvalue weighted by molar-refractivity contribution is -0.111. The molecular weight excluding hydrogens is 190 g/mol. The summed E-state index contributed by atoms with van der Waals surface area (Å²) in [5, 5.41) is 0. The zero-order valence-electron chi connectivity index (χ0n) is 8.89. The van der Waals surface area contributed by atoms with Crippen molar-refractivity contribution >= 4 is 12.1 Å². The van der Waals surface area contributed by atoms with Gasteiger partial charge in [-0.2, -0.15) is 0 Å². The summed E-state index contributed by atoms with van der Waals surface area (Å²) >= 11 is 0. The zero-order chi connectivity index (χ0) is 10.7. The molecule has 2 heterocycles. The topological polar surface area (TPSA) is 46.1 Å². The standard InChI is InChI=1S/C11H15N3O/c1-9-5-12-6-11(13-9)14-4-2-3-10(7-14)8-15/h5-6,8,10H,2-4,7H2,1H3/t10-/m1/s1. The number of aryl methyl sites for hydroxylation is 1. The number of hydrogen-bond donors (Lipinski definition) is 0. The normalized spacial score (nSPS) is 21.4. The second-order valence-corrected chi connectivity index (χ2v) is 4.00. The lowest BCUT2D eigenvalue weighted by atomic mass is 10.00. The molecular formula is C11H15N3O. The maximum atomic E-state index is 10.7. The number of anilines is 1. The summed E-state index contributed by atoms with van der Waals surface area (Å²) in [7, 11) is 0. The Kier molecular flexibility index (Phi) is 2.94. The second kappa shape index (κ2) is 4.38. The molecule has 2 rings (SSSR count). The Morgan fingerprint density at radius 2 is 2.40 bits per heavy atom. The quantitative estimate of drug-likeness (QED) is 0.681. The predicted molar refractivity (Wildman–Crippen MR) is 57.8 cm³/mol. The molecule has 0 aromatic carbocycles. The molecule has 0 bridgehead atoms. The highest BCUT2D eigenvalue weighted by Gasteiger charge is 2.20. The first-order chi connectivity index (χ1) is 7.29. The van der Waals surface area contributed by atoms with E-state index in [9.17, 15) is 4.79 Å². The van der Waals surface area contributed by atoms with Crippen molar-refractivity contribution in [3.8, 4) is 0 Å². The second-order valence-electron chi connectivity index (χ2n) is 4.00. The van der Waals surface area contributed by atoms with Gasteiger partial charge in [0.1, 0.15) is 12.1 Å². The van der Waals surface area contributed by atoms with Crippen molar-refractivity contribution in [2.24, 2.45) is 5.92 Å². The van der Waals surface area contributed by atoms with E-state index in [0.29, 0.717) is 0 Å². The smallest absolute Gasteiger partial charge is 0.147 e. The average molecular weight is 205 g/mol. The number of rotatable bonds is 2. The Balaban J connectivity index is 2.13. The van der Waals surface area contributed by atoms with Gasteiger partial charge in [-0.05, 0) is 19.8 Å². The van der Waals surface area contributed by atoms with E-state index in [1.54, 1.807) is 12.4 Å². The highest BCUT2D eigenvalue weighted by atomic mass is 16.1. The van der Waals surface area contributed by atoms with Crippen LogP contribution >= 0.6 is 0 Å². The van der Waals surface area contributed by atoms with Crippen LogP contribution in [0.3, 0.4) is 0 Å². The molecule has 15 heavy (non-hydrogen) atoms. The van der Waals surface area contributed by atoms with Crippen LogP contribution in [0.15, 0.2) is 12.4 Å². The maximum absolute atomic E-state index is 10.7. The van der Waals surface area contributed by atoms with Gasteiger partial charge in [0.05, 0.1) is 11.9 Å². The van der Waals surface area contributed by atoms with Crippen LogP contribution in [0.5, 0.6) is 0 Å². The third-order valence-electron chi connectivity index (χ3n) is 2.72. The molecule has 1 aromatic rings. The lowest BCUT2D eigenvalue weighted by Crippen LogP contribution is -2.36. The van der Waals surface area contributed by atoms with Gasteiger partial charge in [0, 0.05) is 25.2 Å². The monoisotopic (exact) mass is 205 g/mol. The first-order valence-electron chi connectivity index (χ1n) is 5.28. The summed E-state index contributed by atoms with van der Waals surface area (Å²) in [6, 6.07) is 0. The fraction of sp³-hybridized carbons (Fsp3) is 0.545. The molecule has 0 N–H and O–H groups in total. The van der Waals surface area contributed by atoms with Gasteiger partial charge in [0.2, 0.25) is 0 Å². The van der Waals surface area contributed by atoms with E-state index in [-0.39, 0.29) is 5.92 Å². The van der Waals surface area contributed by atoms with Crippen LogP contribution in [0.2, 0.25) is 0 Å². The number of hydrogen-bond acceptors (Lipinski definition) is 4. The third kappa shape index (κ3) is 2.32. The molecule has 0 aliphatic carbocycles. The van der Waals surface area contributed by atoms with Crippen LogP contribution in [0.4, 0.5) is 5.82 Å². The van der Waals surface area contributed by atoms with E-state index in [1.165, 1.54) is 0 Å². The summed E-state index contributed by atoms with van der Waals surface area (Å²) in [5.41, 5.74) is 0.917. The van der Waals surface area contributed by atoms with E-state index in [1.807, 2.05) is 6.92 Å². The molecule has 4 nitrogen and oxygen atoms in total. The molecule has 1 aliphatic heterocycles. The van der Waals surface area contributed by atoms with Crippen LogP contribution in [0.25, 0.3) is 0 Å². The summed E-state index contributed by atoms with van der Waals surface area (Å²) in [6.45, 7) is 3.68. The summed E-state index contributed by atoms with van der Waals surface area (Å²) in [5.74, 6) is 1.04. The predicted octanol–water partition coefficient (Wildman–Crippen LogP) is 1.20. The summed E-state index contributed by atoms with van der Waals surface area (Å²) < 4.78 is 0. The van der Waals surface area contributed by atoms with Crippen LogP contribution < -0.4 is 4.90 Å². The van der Waals surface area contributed by atoms with Crippen LogP contribution in [-0.2, 0) is 4.79 Å². The van der Waals surface area contributed by atoms with Gasteiger partial charge in [0.15, 0.2) is 0 Å². The molecule has 4 heteroatoms. The lowest BCUT2D eigenvalue weighted by Gasteiger charge is -2.30. The number of aldehydes is 1. The van der Waals surface area contributed by atoms with Crippen molar-refractivity contribution in [1.29, 1.82) is 0 Å². The largest absolute Gasteiger partial charge is 0.355 e. The minimum atomic E-state index is 0.154. The van der Waals surface area contributed by atoms with Gasteiger partial charge < -0.3 is 9.69 Å². The van der Waals surface area contributed by atoms with E-state index >= 15 is 0 Å². The Bertz CT molecular complexity index is 353. The minimum Gasteiger partial charge on any atom is -0.355 e. The number of carbonyl (C=O) groups excluding carboxylic acids is 1. The van der Waals surface area contributed by atoms with Gasteiger partial charge in [-0.15, -0.1) is 0 Å². The van der Waals surface area contributed by atoms with Crippen LogP contribution in [0.1, 0.15) is 18.5 Å². The third-order valence-corrected chi connectivity index (χ3v) is 2.72. The van der Waals surface area contributed by atoms with Gasteiger partial charge >= 0.3 is 0 Å². The highest BCUT2D eigenvalue weighted by molar-refractivity contribution is 5.56. The molecule has 1 saturated heterocycles. The Morgan fingerprint density at radius 1 is 1.53 bits per heavy atom. The molecule has 0 amide bonds. The number of carbonyl (C=O) groups is 1. The molecule has 1 aromatic heterocycles. The van der Waals surface area contributed by atoms with Gasteiger partial charge in [-0.3, -0.25) is 4.98 Å². The molecule has 1 fully saturated rings. The molecule has 0 unspecified atom stereocenters. The fourth-order valence-corrected chi connectivity index (χ4v) is 1.93. The number of nitrogens with zero attached hydrogens (tertiary/aromatic N) is 3. The van der Waals surface area contributed by atoms with Crippen molar-refractivity contribution < 1.29 is 4.79 Å². The van der Waals surface area contributed by atoms with Crippen molar-refractivity contribution in [3.63, 3.8) is 0 Å². The Hall–Kier alpha value is -1.45. The molecule has 0 saturated carbocycles. The minimum absolute atomic E-state index is 0.154. The van der Waals surface area contributed by atoms with Crippen LogP contribution in [0, 0.1) is 12.8 Å². The molecule has 1 atom stereocenters. The molecule has 1 aliphatic rings. The fourth-order valence-electron chi connectivity index (χ4n) is 1.93. The number of aromatic nitrogens is 2. The molecule has 0 spiro atoms. The van der Waals surface area contributed by atoms with Gasteiger partial charge in [-0.1, -0.05) is 0 Å². The molecule has 0 radical (unpaired) electrons. The number of piperidine rings is 1.